The molecule has 0 fully saturated rings. The molecular weight excluding hydrogens is 1720 g/mol. The second kappa shape index (κ2) is 34.0. The second-order valence-corrected chi connectivity index (χ2v) is 57.2. The van der Waals surface area contributed by atoms with Gasteiger partial charge in [-0.2, -0.15) is 50.5 Å². The molecule has 0 atom stereocenters. The summed E-state index contributed by atoms with van der Waals surface area (Å²) in [7, 11) is -42.1. The maximum atomic E-state index is 15.6. The van der Waals surface area contributed by atoms with E-state index < -0.39 is 137 Å². The van der Waals surface area contributed by atoms with Crippen LogP contribution in [0.25, 0.3) is 21.5 Å². The predicted octanol–water partition coefficient (Wildman–Crippen LogP) is 5.90. The summed E-state index contributed by atoms with van der Waals surface area (Å²) in [6, 6.07) is 32.3. The molecule has 0 unspecified atom stereocenters. The van der Waals surface area contributed by atoms with Gasteiger partial charge in [0.15, 0.2) is 0 Å². The number of aliphatic carboxylic acids is 1. The SMILES string of the molecule is C[Si](C)(CCCNC(=O)CCCCC(=O)O)O[Si-2]123(O[Si](C)(C)CCCNC(=O)C(CCC[N+](CCCS(=O)(=O)O)(CCCS(=O)(=O)O)CCCS(=O)(=O)O)CCC[N+](CCCS(=O)(=O)O)(CCCS(=O)(=O)O)CCCS(=O)(=O)O)n4c5c6ccccc6c4N=C4c6ccccc6C(=[N+]41)N=c1c4ccccc4c(n12)=NC1=[N+]3C(=N5)c2ccccc21. The summed E-state index contributed by atoms with van der Waals surface area (Å²) in [4.78, 5) is 63.7. The van der Waals surface area contributed by atoms with E-state index in [0.29, 0.717) is 71.3 Å². The molecule has 2 aromatic heterocycles. The number of rotatable bonds is 50. The van der Waals surface area contributed by atoms with E-state index in [-0.39, 0.29) is 170 Å². The number of carboxylic acid groups (broad SMARTS) is 1. The summed E-state index contributed by atoms with van der Waals surface area (Å²) in [5.41, 5.74) is 3.90. The first-order chi connectivity index (χ1) is 55.7. The van der Waals surface area contributed by atoms with E-state index in [1.807, 2.05) is 97.1 Å². The van der Waals surface area contributed by atoms with Gasteiger partial charge in [0, 0.05) is 38.5 Å². The number of carbonyl (C=O) groups excluding carboxylic acids is 2. The van der Waals surface area contributed by atoms with Gasteiger partial charge in [-0.3, -0.25) is 32.1 Å². The van der Waals surface area contributed by atoms with Crippen LogP contribution < -0.4 is 21.6 Å². The summed E-state index contributed by atoms with van der Waals surface area (Å²) in [6.07, 6.45) is 0.410. The number of nitrogens with one attached hydrogen (secondary N) is 2. The van der Waals surface area contributed by atoms with Gasteiger partial charge in [-0.1, -0.05) is 0 Å². The minimum absolute atomic E-state index is 0.00129. The van der Waals surface area contributed by atoms with Gasteiger partial charge in [-0.15, -0.1) is 0 Å². The van der Waals surface area contributed by atoms with Crippen molar-refractivity contribution in [1.29, 1.82) is 0 Å². The number of hydrogen-bond donors (Lipinski definition) is 9. The van der Waals surface area contributed by atoms with Gasteiger partial charge in [-0.25, -0.2) is 0 Å². The van der Waals surface area contributed by atoms with Crippen LogP contribution >= 0.6 is 0 Å². The van der Waals surface area contributed by atoms with Crippen LogP contribution in [0.5, 0.6) is 0 Å². The van der Waals surface area contributed by atoms with Gasteiger partial charge in [0.1, 0.15) is 0 Å². The Kier molecular flexibility index (Phi) is 26.0. The summed E-state index contributed by atoms with van der Waals surface area (Å²) in [5.74, 6) is -4.19. The first-order valence-corrected chi connectivity index (χ1v) is 58.5. The number of unbranched alkanes of at least 4 members (excludes halogenated alkanes) is 1. The van der Waals surface area contributed by atoms with E-state index in [0.717, 1.165) is 43.8 Å². The zero-order valence-corrected chi connectivity index (χ0v) is 74.7. The van der Waals surface area contributed by atoms with E-state index in [1.54, 1.807) is 0 Å². The minimum atomic E-state index is -7.34. The summed E-state index contributed by atoms with van der Waals surface area (Å²) in [5, 5.41) is 18.5. The standard InChI is InChI=1S/C74H104N12O24S6Si3/c1-117(2,53-17-37-75-64(87)35-13-14-36-65(88)89)109-119(81-66-56-27-5-6-28-57(56)67(81)78-69-60-31-9-10-32-61(60)71(83(69)119)80-73-63-34-12-11-33-62(63)72(84(73)119)79-70-59-30-8-7-29-58(59)68(77-66)82(70)119)110-118(3,4)54-18-38-76-74(90)55(25-15-39-85(41-19-47-111(91,92)93,42-20-48-112(94,95)96)43-21-49-113(97,98)99)26-16-40-86(44-22-50-114(100,101)102,45-23-51-115(103,104)105)46-24-52-116(106,107)108/h5-12,27-34,55H,13-26,35-54H2,1-4H3,(H7-2,75,76,87,88,89,90,91,92,93,94,95,96,97,98,99,100,101,102,103,104,105,106,107,108)/p+2. The molecule has 12 rings (SSSR count). The van der Waals surface area contributed by atoms with Crippen LogP contribution in [-0.2, 0) is 83.3 Å². The molecule has 652 valence electrons. The van der Waals surface area contributed by atoms with Crippen LogP contribution in [0.3, 0.4) is 0 Å². The molecule has 4 aromatic carbocycles. The molecule has 0 bridgehead atoms. The van der Waals surface area contributed by atoms with Gasteiger partial charge in [0.25, 0.3) is 60.7 Å². The fourth-order valence-corrected chi connectivity index (χ4v) is 44.4. The first-order valence-electron chi connectivity index (χ1n) is 40.0. The first kappa shape index (κ1) is 90.8. The fraction of sp³-hybridized carbons (Fsp3) is 0.527. The van der Waals surface area contributed by atoms with Crippen molar-refractivity contribution in [3.8, 4) is 0 Å². The van der Waals surface area contributed by atoms with Crippen molar-refractivity contribution in [2.75, 3.05) is 100.0 Å². The Morgan fingerprint density at radius 2 is 0.739 bits per heavy atom. The molecule has 2 amide bonds. The van der Waals surface area contributed by atoms with Crippen molar-refractivity contribution in [3.05, 3.63) is 130 Å². The Bertz CT molecular complexity index is 5590. The van der Waals surface area contributed by atoms with Crippen molar-refractivity contribution in [3.63, 3.8) is 0 Å². The number of carboxylic acids is 1. The van der Waals surface area contributed by atoms with E-state index >= 15 is 4.79 Å². The number of benzene rings is 4. The zero-order valence-electron chi connectivity index (χ0n) is 66.8. The molecule has 8 heterocycles. The van der Waals surface area contributed by atoms with Crippen molar-refractivity contribution < 1.29 is 123 Å². The molecule has 36 nitrogen and oxygen atoms in total. The molecule has 119 heavy (non-hydrogen) atoms. The van der Waals surface area contributed by atoms with E-state index in [1.165, 1.54) is 0 Å². The van der Waals surface area contributed by atoms with Crippen LogP contribution in [0.1, 0.15) is 125 Å². The number of carbonyl (C=O) groups is 3. The average Bonchev–Trinajstić information content (AvgIpc) is 1.44. The molecule has 0 saturated carbocycles. The average molecular weight is 1820 g/mol. The molecule has 0 aliphatic carbocycles. The molecule has 0 radical (unpaired) electrons. The van der Waals surface area contributed by atoms with Crippen molar-refractivity contribution in [2.24, 2.45) is 25.9 Å². The van der Waals surface area contributed by atoms with Crippen molar-refractivity contribution in [1.82, 2.24) is 19.1 Å². The molecule has 1 spiro atoms. The van der Waals surface area contributed by atoms with Gasteiger partial charge >= 0.3 is 438 Å². The van der Waals surface area contributed by atoms with Gasteiger partial charge in [0.2, 0.25) is 0 Å². The normalized spacial score (nSPS) is 17.0. The molecular formula is C74H106N12O24S6Si3+2. The Labute approximate surface area is 693 Å². The number of amidine groups is 4. The monoisotopic (exact) mass is 1820 g/mol. The third-order valence-electron chi connectivity index (χ3n) is 23.6. The molecule has 0 saturated heterocycles. The summed E-state index contributed by atoms with van der Waals surface area (Å²) >= 11 is 0. The number of nitrogens with zero attached hydrogens (tertiary/aromatic N) is 10. The maximum absolute atomic E-state index is 15.6. The number of fused-ring (bicyclic) bond motifs is 12. The van der Waals surface area contributed by atoms with E-state index in [4.69, 9.17) is 20.0 Å². The summed E-state index contributed by atoms with van der Waals surface area (Å²) < 4.78 is 232. The Hall–Kier alpha value is -7.40. The van der Waals surface area contributed by atoms with E-state index in [9.17, 15) is 101 Å². The molecule has 9 N–H and O–H groups in total. The molecule has 6 aliphatic heterocycles. The Balaban J connectivity index is 0.964. The zero-order chi connectivity index (χ0) is 86.3. The number of amides is 2. The quantitative estimate of drug-likeness (QED) is 0.00928. The number of quaternary nitrogens is 2. The van der Waals surface area contributed by atoms with E-state index in [2.05, 4.69) is 53.8 Å². The third-order valence-corrected chi connectivity index (χ3v) is 45.1. The van der Waals surface area contributed by atoms with Gasteiger partial charge < -0.3 is 5.11 Å². The number of aliphatic imine (C=N–C) groups is 2. The van der Waals surface area contributed by atoms with Crippen LogP contribution in [0.4, 0.5) is 11.6 Å². The Morgan fingerprint density at radius 1 is 0.420 bits per heavy atom. The van der Waals surface area contributed by atoms with Crippen LogP contribution in [0.2, 0.25) is 38.3 Å². The van der Waals surface area contributed by atoms with Crippen LogP contribution in [0, 0.1) is 5.92 Å². The topological polar surface area (TPSA) is 506 Å². The molecule has 45 heteroatoms. The van der Waals surface area contributed by atoms with Crippen LogP contribution in [0.15, 0.2) is 117 Å². The van der Waals surface area contributed by atoms with Gasteiger partial charge in [-0.05, 0) is 0 Å². The number of aromatic nitrogens is 2. The predicted molar refractivity (Wildman–Crippen MR) is 452 cm³/mol. The van der Waals surface area contributed by atoms with Crippen molar-refractivity contribution >= 4 is 159 Å². The number of hydrogen-bond acceptors (Lipinski definition) is 21. The summed E-state index contributed by atoms with van der Waals surface area (Å²) in [6.45, 7) is 8.24. The van der Waals surface area contributed by atoms with Crippen molar-refractivity contribution in [2.45, 2.75) is 141 Å². The molecule has 6 aromatic rings. The third kappa shape index (κ3) is 19.1. The molecule has 6 aliphatic rings. The second-order valence-electron chi connectivity index (χ2n) is 33.4. The van der Waals surface area contributed by atoms with Crippen LogP contribution in [-0.4, -0.2) is 274 Å². The Morgan fingerprint density at radius 3 is 1.09 bits per heavy atom. The fourth-order valence-electron chi connectivity index (χ4n) is 19.1. The van der Waals surface area contributed by atoms with Gasteiger partial charge in [0.05, 0.1) is 73.8 Å².